The van der Waals surface area contributed by atoms with E-state index in [1.165, 1.54) is 22.1 Å². The van der Waals surface area contributed by atoms with Gasteiger partial charge in [-0.25, -0.2) is 14.8 Å². The van der Waals surface area contributed by atoms with Gasteiger partial charge in [0, 0.05) is 30.4 Å². The Morgan fingerprint density at radius 3 is 2.63 bits per heavy atom. The van der Waals surface area contributed by atoms with Crippen molar-refractivity contribution in [3.8, 4) is 5.88 Å². The monoisotopic (exact) mass is 384 g/mol. The summed E-state index contributed by atoms with van der Waals surface area (Å²) in [5.41, 5.74) is -0.0886. The Bertz CT molecular complexity index is 1050. The molecule has 1 N–H and O–H groups in total. The summed E-state index contributed by atoms with van der Waals surface area (Å²) in [4.78, 5) is 33.7. The quantitative estimate of drug-likeness (QED) is 0.662. The molecule has 0 atom stereocenters. The third kappa shape index (κ3) is 4.06. The van der Waals surface area contributed by atoms with Crippen LogP contribution in [0.25, 0.3) is 0 Å². The molecule has 0 aliphatic heterocycles. The summed E-state index contributed by atoms with van der Waals surface area (Å²) in [7, 11) is 0. The first kappa shape index (κ1) is 18.8. The highest BCUT2D eigenvalue weighted by molar-refractivity contribution is 7.13. The lowest BCUT2D eigenvalue weighted by atomic mass is 10.1. The van der Waals surface area contributed by atoms with Crippen LogP contribution in [0.4, 0.5) is 5.13 Å². The standard InChI is InChI=1S/C19H20N4O3S/c1-13(2)23-17(25)15(12-21-18-20-9-11-27-18)16(24)22(19(23)26)10-8-14-6-4-3-5-7-14/h3-7,9,11-13,24H,8,10H2,1-2H3. The molecule has 7 nitrogen and oxygen atoms in total. The Morgan fingerprint density at radius 2 is 2.00 bits per heavy atom. The van der Waals surface area contributed by atoms with Gasteiger partial charge in [-0.3, -0.25) is 13.9 Å². The summed E-state index contributed by atoms with van der Waals surface area (Å²) in [5, 5.41) is 12.8. The van der Waals surface area contributed by atoms with Gasteiger partial charge in [-0.15, -0.1) is 11.3 Å². The van der Waals surface area contributed by atoms with Crippen molar-refractivity contribution in [3.63, 3.8) is 0 Å². The van der Waals surface area contributed by atoms with Crippen molar-refractivity contribution in [2.75, 3.05) is 0 Å². The summed E-state index contributed by atoms with van der Waals surface area (Å²) in [6.07, 6.45) is 3.42. The van der Waals surface area contributed by atoms with Crippen molar-refractivity contribution in [1.29, 1.82) is 0 Å². The molecule has 0 aliphatic rings. The number of benzene rings is 1. The number of aromatic nitrogens is 3. The number of aromatic hydroxyl groups is 1. The van der Waals surface area contributed by atoms with Crippen LogP contribution in [0.5, 0.6) is 5.88 Å². The molecule has 0 unspecified atom stereocenters. The summed E-state index contributed by atoms with van der Waals surface area (Å²) in [6, 6.07) is 9.30. The Morgan fingerprint density at radius 1 is 1.26 bits per heavy atom. The van der Waals surface area contributed by atoms with Crippen LogP contribution in [-0.4, -0.2) is 25.4 Å². The predicted octanol–water partition coefficient (Wildman–Crippen LogP) is 2.75. The molecule has 140 valence electrons. The maximum atomic E-state index is 12.8. The van der Waals surface area contributed by atoms with Crippen molar-refractivity contribution in [3.05, 3.63) is 73.9 Å². The van der Waals surface area contributed by atoms with E-state index in [1.807, 2.05) is 30.3 Å². The van der Waals surface area contributed by atoms with Crippen LogP contribution in [0.2, 0.25) is 0 Å². The SMILES string of the molecule is CC(C)n1c(=O)c(C=Nc2nccs2)c(O)n(CCc2ccccc2)c1=O. The molecule has 3 aromatic rings. The summed E-state index contributed by atoms with van der Waals surface area (Å²) in [5.74, 6) is -0.377. The zero-order valence-electron chi connectivity index (χ0n) is 15.1. The minimum atomic E-state index is -0.566. The molecule has 0 radical (unpaired) electrons. The number of hydrogen-bond donors (Lipinski definition) is 1. The molecule has 0 aliphatic carbocycles. The minimum Gasteiger partial charge on any atom is -0.494 e. The van der Waals surface area contributed by atoms with E-state index in [0.29, 0.717) is 11.6 Å². The fourth-order valence-electron chi connectivity index (χ4n) is 2.73. The zero-order chi connectivity index (χ0) is 19.4. The first-order valence-corrected chi connectivity index (χ1v) is 9.42. The molecule has 3 rings (SSSR count). The van der Waals surface area contributed by atoms with Crippen LogP contribution in [0, 0.1) is 0 Å². The summed E-state index contributed by atoms with van der Waals surface area (Å²) in [6.45, 7) is 3.76. The Balaban J connectivity index is 2.06. The van der Waals surface area contributed by atoms with E-state index in [1.54, 1.807) is 25.4 Å². The second-order valence-electron chi connectivity index (χ2n) is 6.25. The minimum absolute atomic E-state index is 0.0217. The highest BCUT2D eigenvalue weighted by atomic mass is 32.1. The zero-order valence-corrected chi connectivity index (χ0v) is 15.9. The number of hydrogen-bond acceptors (Lipinski definition) is 6. The van der Waals surface area contributed by atoms with Crippen LogP contribution in [0.3, 0.4) is 0 Å². The van der Waals surface area contributed by atoms with E-state index in [0.717, 1.165) is 10.1 Å². The second kappa shape index (κ2) is 8.13. The number of aliphatic imine (C=N–C) groups is 1. The van der Waals surface area contributed by atoms with Crippen LogP contribution >= 0.6 is 11.3 Å². The Hall–Kier alpha value is -3.00. The normalized spacial score (nSPS) is 11.5. The number of rotatable bonds is 6. The average Bonchev–Trinajstić information content (AvgIpc) is 3.15. The lowest BCUT2D eigenvalue weighted by Gasteiger charge is -2.16. The molecule has 0 spiro atoms. The molecule has 0 fully saturated rings. The number of aryl methyl sites for hydroxylation is 1. The third-order valence-corrected chi connectivity index (χ3v) is 4.77. The van der Waals surface area contributed by atoms with Gasteiger partial charge >= 0.3 is 5.69 Å². The molecule has 27 heavy (non-hydrogen) atoms. The van der Waals surface area contributed by atoms with E-state index < -0.39 is 11.2 Å². The van der Waals surface area contributed by atoms with E-state index >= 15 is 0 Å². The maximum Gasteiger partial charge on any atom is 0.334 e. The van der Waals surface area contributed by atoms with E-state index in [2.05, 4.69) is 9.98 Å². The van der Waals surface area contributed by atoms with Gasteiger partial charge in [0.1, 0.15) is 5.56 Å². The van der Waals surface area contributed by atoms with Crippen molar-refractivity contribution in [1.82, 2.24) is 14.1 Å². The fourth-order valence-corrected chi connectivity index (χ4v) is 3.21. The van der Waals surface area contributed by atoms with Crippen molar-refractivity contribution < 1.29 is 5.11 Å². The lowest BCUT2D eigenvalue weighted by Crippen LogP contribution is -2.42. The van der Waals surface area contributed by atoms with Gasteiger partial charge in [0.25, 0.3) is 5.56 Å². The van der Waals surface area contributed by atoms with Gasteiger partial charge in [-0.05, 0) is 25.8 Å². The van der Waals surface area contributed by atoms with Crippen molar-refractivity contribution >= 4 is 22.7 Å². The molecule has 0 saturated heterocycles. The molecule has 0 saturated carbocycles. The van der Waals surface area contributed by atoms with Crippen LogP contribution < -0.4 is 11.2 Å². The summed E-state index contributed by atoms with van der Waals surface area (Å²) < 4.78 is 2.35. The predicted molar refractivity (Wildman–Crippen MR) is 107 cm³/mol. The molecule has 0 amide bonds. The fraction of sp³-hybridized carbons (Fsp3) is 0.263. The summed E-state index contributed by atoms with van der Waals surface area (Å²) >= 11 is 1.31. The smallest absolute Gasteiger partial charge is 0.334 e. The Labute approximate surface area is 159 Å². The average molecular weight is 384 g/mol. The van der Waals surface area contributed by atoms with E-state index in [4.69, 9.17) is 0 Å². The molecular weight excluding hydrogens is 364 g/mol. The lowest BCUT2D eigenvalue weighted by molar-refractivity contribution is 0.381. The van der Waals surface area contributed by atoms with E-state index in [9.17, 15) is 14.7 Å². The van der Waals surface area contributed by atoms with Gasteiger partial charge in [0.15, 0.2) is 0 Å². The molecular formula is C19H20N4O3S. The second-order valence-corrected chi connectivity index (χ2v) is 7.12. The Kier molecular flexibility index (Phi) is 5.66. The van der Waals surface area contributed by atoms with Crippen molar-refractivity contribution in [2.24, 2.45) is 4.99 Å². The van der Waals surface area contributed by atoms with E-state index in [-0.39, 0.29) is 24.0 Å². The largest absolute Gasteiger partial charge is 0.494 e. The number of nitrogens with zero attached hydrogens (tertiary/aromatic N) is 4. The van der Waals surface area contributed by atoms with Crippen LogP contribution in [0.1, 0.15) is 31.0 Å². The highest BCUT2D eigenvalue weighted by Crippen LogP contribution is 2.16. The van der Waals surface area contributed by atoms with Gasteiger partial charge in [-0.1, -0.05) is 30.3 Å². The first-order valence-electron chi connectivity index (χ1n) is 8.55. The van der Waals surface area contributed by atoms with Crippen LogP contribution in [-0.2, 0) is 13.0 Å². The molecule has 1 aromatic carbocycles. The van der Waals surface area contributed by atoms with Crippen molar-refractivity contribution in [2.45, 2.75) is 32.9 Å². The van der Waals surface area contributed by atoms with Gasteiger partial charge < -0.3 is 5.11 Å². The van der Waals surface area contributed by atoms with Gasteiger partial charge in [0.05, 0.1) is 0 Å². The molecule has 2 heterocycles. The number of thiazole rings is 1. The molecule has 8 heteroatoms. The van der Waals surface area contributed by atoms with Gasteiger partial charge in [-0.2, -0.15) is 0 Å². The molecule has 2 aromatic heterocycles. The highest BCUT2D eigenvalue weighted by Gasteiger charge is 2.19. The van der Waals surface area contributed by atoms with Gasteiger partial charge in [0.2, 0.25) is 11.0 Å². The maximum absolute atomic E-state index is 12.8. The first-order chi connectivity index (χ1) is 13.0. The topological polar surface area (TPSA) is 89.5 Å². The van der Waals surface area contributed by atoms with Crippen LogP contribution in [0.15, 0.2) is 56.5 Å². The third-order valence-electron chi connectivity index (χ3n) is 4.09. The molecule has 0 bridgehead atoms.